The fraction of sp³-hybridized carbons (Fsp3) is 0.700. The van der Waals surface area contributed by atoms with Gasteiger partial charge < -0.3 is 18.1 Å². The normalized spacial score (nSPS) is 44.2. The van der Waals surface area contributed by atoms with Crippen LogP contribution in [0.3, 0.4) is 0 Å². The van der Waals surface area contributed by atoms with E-state index in [0.29, 0.717) is 13.2 Å². The molecule has 0 spiro atoms. The Bertz CT molecular complexity index is 288. The lowest BCUT2D eigenvalue weighted by atomic mass is 10.3. The Labute approximate surface area is 96.3 Å². The predicted octanol–water partition coefficient (Wildman–Crippen LogP) is -0.0145. The second-order valence-electron chi connectivity index (χ2n) is 4.14. The first-order chi connectivity index (χ1) is 7.67. The highest BCUT2D eigenvalue weighted by atomic mass is 28.4. The molecule has 90 valence electrons. The zero-order valence-corrected chi connectivity index (χ0v) is 10.4. The van der Waals surface area contributed by atoms with Gasteiger partial charge in [0.05, 0.1) is 12.7 Å². The molecule has 0 radical (unpaired) electrons. The Morgan fingerprint density at radius 2 is 2.25 bits per heavy atom. The third-order valence-electron chi connectivity index (χ3n) is 2.75. The molecule has 3 saturated heterocycles. The summed E-state index contributed by atoms with van der Waals surface area (Å²) >= 11 is 0. The van der Waals surface area contributed by atoms with E-state index in [1.165, 1.54) is 0 Å². The van der Waals surface area contributed by atoms with Gasteiger partial charge in [0.2, 0.25) is 0 Å². The summed E-state index contributed by atoms with van der Waals surface area (Å²) in [5, 5.41) is 0. The van der Waals surface area contributed by atoms with E-state index in [4.69, 9.17) is 13.3 Å². The van der Waals surface area contributed by atoms with Crippen LogP contribution < -0.4 is 0 Å². The topological polar surface area (TPSA) is 48.0 Å². The molecule has 5 nitrogen and oxygen atoms in total. The van der Waals surface area contributed by atoms with E-state index < -0.39 is 14.9 Å². The average molecular weight is 243 g/mol. The van der Waals surface area contributed by atoms with Crippen LogP contribution in [-0.4, -0.2) is 58.4 Å². The Morgan fingerprint density at radius 3 is 2.94 bits per heavy atom. The van der Waals surface area contributed by atoms with Gasteiger partial charge in [-0.25, -0.2) is 0 Å². The molecule has 0 saturated carbocycles. The predicted molar refractivity (Wildman–Crippen MR) is 59.8 cm³/mol. The highest BCUT2D eigenvalue weighted by Gasteiger charge is 2.45. The molecule has 0 aromatic heterocycles. The number of carbonyl (C=O) groups is 1. The Hall–Kier alpha value is -0.533. The summed E-state index contributed by atoms with van der Waals surface area (Å²) in [5.41, 5.74) is 1.61. The van der Waals surface area contributed by atoms with Crippen molar-refractivity contribution in [3.05, 3.63) is 12.3 Å². The molecule has 0 aromatic carbocycles. The Balaban J connectivity index is 2.25. The van der Waals surface area contributed by atoms with Crippen LogP contribution in [0.5, 0.6) is 0 Å². The van der Waals surface area contributed by atoms with E-state index in [1.807, 2.05) is 6.92 Å². The fourth-order valence-electron chi connectivity index (χ4n) is 2.08. The monoisotopic (exact) mass is 243 g/mol. The molecule has 3 heterocycles. The number of rotatable bonds is 2. The van der Waals surface area contributed by atoms with Crippen LogP contribution in [0.15, 0.2) is 12.3 Å². The molecule has 4 unspecified atom stereocenters. The largest absolute Gasteiger partial charge is 0.529 e. The lowest BCUT2D eigenvalue weighted by Gasteiger charge is -2.41. The van der Waals surface area contributed by atoms with Crippen molar-refractivity contribution in [2.24, 2.45) is 0 Å². The van der Waals surface area contributed by atoms with Crippen molar-refractivity contribution in [2.45, 2.75) is 19.1 Å². The van der Waals surface area contributed by atoms with Crippen LogP contribution in [0.2, 0.25) is 0 Å². The van der Waals surface area contributed by atoms with Gasteiger partial charge in [-0.3, -0.25) is 4.90 Å². The summed E-state index contributed by atoms with van der Waals surface area (Å²) in [6, 6.07) is 0. The van der Waals surface area contributed by atoms with Gasteiger partial charge in [-0.1, -0.05) is 6.58 Å². The smallest absolute Gasteiger partial charge is 0.369 e. The maximum Gasteiger partial charge on any atom is 0.529 e. The number of hydrogen-bond donors (Lipinski definition) is 0. The molecule has 2 bridgehead atoms. The SMILES string of the molecule is C=C[Si]12OCCN(CC(C)O1)CC(C=O)O2. The zero-order valence-electron chi connectivity index (χ0n) is 9.43. The first-order valence-electron chi connectivity index (χ1n) is 5.48. The first-order valence-corrected chi connectivity index (χ1v) is 7.28. The van der Waals surface area contributed by atoms with Crippen LogP contribution >= 0.6 is 0 Å². The molecular formula is C10H17NO4Si. The molecule has 0 aliphatic carbocycles. The van der Waals surface area contributed by atoms with Gasteiger partial charge in [-0.05, 0) is 12.6 Å². The van der Waals surface area contributed by atoms with Crippen LogP contribution in [-0.2, 0) is 18.1 Å². The van der Waals surface area contributed by atoms with E-state index >= 15 is 0 Å². The lowest BCUT2D eigenvalue weighted by molar-refractivity contribution is -0.121. The molecule has 3 fully saturated rings. The zero-order chi connectivity index (χ0) is 11.6. The fourth-order valence-corrected chi connectivity index (χ4v) is 4.15. The molecule has 6 heteroatoms. The van der Waals surface area contributed by atoms with E-state index in [-0.39, 0.29) is 6.10 Å². The Kier molecular flexibility index (Phi) is 3.55. The molecule has 3 aliphatic heterocycles. The summed E-state index contributed by atoms with van der Waals surface area (Å²) in [7, 11) is -2.84. The van der Waals surface area contributed by atoms with Gasteiger partial charge in [0, 0.05) is 19.6 Å². The minimum absolute atomic E-state index is 0.0394. The summed E-state index contributed by atoms with van der Waals surface area (Å²) in [4.78, 5) is 13.1. The number of nitrogens with zero attached hydrogens (tertiary/aromatic N) is 1. The quantitative estimate of drug-likeness (QED) is 0.504. The molecule has 3 aliphatic rings. The van der Waals surface area contributed by atoms with Crippen molar-refractivity contribution in [1.82, 2.24) is 4.90 Å². The second kappa shape index (κ2) is 4.76. The standard InChI is InChI=1S/C10H17NO4Si/c1-3-16-13-5-4-11(6-9(2)14-16)7-10(8-12)15-16/h3,8-10H,1,4-7H2,2H3. The molecule has 0 amide bonds. The van der Waals surface area contributed by atoms with Crippen molar-refractivity contribution in [2.75, 3.05) is 26.2 Å². The van der Waals surface area contributed by atoms with Gasteiger partial charge in [0.25, 0.3) is 0 Å². The van der Waals surface area contributed by atoms with Crippen LogP contribution in [0.4, 0.5) is 0 Å². The van der Waals surface area contributed by atoms with Crippen LogP contribution in [0.25, 0.3) is 0 Å². The summed E-state index contributed by atoms with van der Waals surface area (Å²) in [6.45, 7) is 8.50. The summed E-state index contributed by atoms with van der Waals surface area (Å²) < 4.78 is 17.2. The van der Waals surface area contributed by atoms with Crippen molar-refractivity contribution >= 4 is 15.1 Å². The van der Waals surface area contributed by atoms with Gasteiger partial charge in [-0.2, -0.15) is 0 Å². The minimum atomic E-state index is -2.84. The van der Waals surface area contributed by atoms with Gasteiger partial charge in [-0.15, -0.1) is 0 Å². The van der Waals surface area contributed by atoms with Crippen molar-refractivity contribution < 1.29 is 18.1 Å². The first kappa shape index (κ1) is 11.9. The number of carbonyl (C=O) groups excluding carboxylic acids is 1. The van der Waals surface area contributed by atoms with Crippen LogP contribution in [0, 0.1) is 0 Å². The molecule has 0 aromatic rings. The van der Waals surface area contributed by atoms with E-state index in [1.54, 1.807) is 5.70 Å². The number of aldehydes is 1. The molecule has 0 N–H and O–H groups in total. The third kappa shape index (κ3) is 2.41. The van der Waals surface area contributed by atoms with E-state index in [0.717, 1.165) is 19.4 Å². The highest BCUT2D eigenvalue weighted by molar-refractivity contribution is 6.66. The maximum absolute atomic E-state index is 10.9. The minimum Gasteiger partial charge on any atom is -0.369 e. The van der Waals surface area contributed by atoms with Crippen molar-refractivity contribution in [1.29, 1.82) is 0 Å². The second-order valence-corrected chi connectivity index (χ2v) is 6.51. The average Bonchev–Trinajstić information content (AvgIpc) is 2.20. The lowest BCUT2D eigenvalue weighted by Crippen LogP contribution is -2.59. The molecule has 4 atom stereocenters. The maximum atomic E-state index is 10.9. The van der Waals surface area contributed by atoms with Gasteiger partial charge in [0.1, 0.15) is 12.4 Å². The molecule has 3 rings (SSSR count). The summed E-state index contributed by atoms with van der Waals surface area (Å²) in [6.07, 6.45) is 0.377. The third-order valence-corrected chi connectivity index (χ3v) is 5.22. The molecule has 16 heavy (non-hydrogen) atoms. The van der Waals surface area contributed by atoms with Crippen molar-refractivity contribution in [3.63, 3.8) is 0 Å². The number of fused-ring (bicyclic) bond motifs is 6. The van der Waals surface area contributed by atoms with E-state index in [2.05, 4.69) is 11.5 Å². The number of hydrogen-bond acceptors (Lipinski definition) is 5. The van der Waals surface area contributed by atoms with Crippen molar-refractivity contribution in [3.8, 4) is 0 Å². The molecular weight excluding hydrogens is 226 g/mol. The van der Waals surface area contributed by atoms with E-state index in [9.17, 15) is 4.79 Å². The highest BCUT2D eigenvalue weighted by Crippen LogP contribution is 2.22. The Morgan fingerprint density at radius 1 is 1.44 bits per heavy atom. The van der Waals surface area contributed by atoms with Crippen LogP contribution in [0.1, 0.15) is 6.92 Å². The van der Waals surface area contributed by atoms with Gasteiger partial charge >= 0.3 is 8.80 Å². The summed E-state index contributed by atoms with van der Waals surface area (Å²) in [5.74, 6) is 0. The van der Waals surface area contributed by atoms with Gasteiger partial charge in [0.15, 0.2) is 0 Å².